The second kappa shape index (κ2) is 5.24. The molecule has 3 aromatic rings. The maximum absolute atomic E-state index is 4.33. The molecule has 0 radical (unpaired) electrons. The molecule has 19 heavy (non-hydrogen) atoms. The lowest BCUT2D eigenvalue weighted by molar-refractivity contribution is 0.849. The average Bonchev–Trinajstić information content (AvgIpc) is 3.13. The maximum Gasteiger partial charge on any atom is 0.0991 e. The maximum atomic E-state index is 4.33. The highest BCUT2D eigenvalue weighted by atomic mass is 32.1. The summed E-state index contributed by atoms with van der Waals surface area (Å²) >= 11 is 1.62. The number of nitrogens with one attached hydrogen (secondary N) is 1. The van der Waals surface area contributed by atoms with Crippen molar-refractivity contribution in [2.45, 2.75) is 13.0 Å². The van der Waals surface area contributed by atoms with Gasteiger partial charge in [-0.1, -0.05) is 6.07 Å². The number of benzene rings is 1. The van der Waals surface area contributed by atoms with Crippen LogP contribution in [-0.4, -0.2) is 14.5 Å². The van der Waals surface area contributed by atoms with Gasteiger partial charge < -0.3 is 9.88 Å². The Kier molecular flexibility index (Phi) is 3.29. The second-order valence-electron chi connectivity index (χ2n) is 4.30. The summed E-state index contributed by atoms with van der Waals surface area (Å²) in [6.45, 7) is 2.11. The van der Waals surface area contributed by atoms with Crippen LogP contribution in [0, 0.1) is 0 Å². The number of thiazole rings is 1. The highest BCUT2D eigenvalue weighted by Crippen LogP contribution is 2.21. The van der Waals surface area contributed by atoms with Gasteiger partial charge in [-0.3, -0.25) is 0 Å². The van der Waals surface area contributed by atoms with E-state index in [0.717, 1.165) is 17.1 Å². The van der Waals surface area contributed by atoms with Crippen molar-refractivity contribution in [3.63, 3.8) is 0 Å². The Morgan fingerprint density at radius 2 is 2.32 bits per heavy atom. The van der Waals surface area contributed by atoms with Crippen molar-refractivity contribution < 1.29 is 0 Å². The first-order chi connectivity index (χ1) is 9.33. The topological polar surface area (TPSA) is 42.7 Å². The molecule has 0 amide bonds. The molecular weight excluding hydrogens is 256 g/mol. The molecule has 0 saturated heterocycles. The highest BCUT2D eigenvalue weighted by molar-refractivity contribution is 7.07. The second-order valence-corrected chi connectivity index (χ2v) is 5.02. The van der Waals surface area contributed by atoms with Gasteiger partial charge in [0.05, 0.1) is 23.6 Å². The SMILES string of the molecule is CC(Nc1cccc(-n2ccnc2)c1)c1cscn1. The van der Waals surface area contributed by atoms with Crippen molar-refractivity contribution in [1.82, 2.24) is 14.5 Å². The molecule has 5 heteroatoms. The molecule has 1 N–H and O–H groups in total. The fourth-order valence-corrected chi connectivity index (χ4v) is 2.58. The van der Waals surface area contributed by atoms with Gasteiger partial charge >= 0.3 is 0 Å². The van der Waals surface area contributed by atoms with Gasteiger partial charge in [-0.05, 0) is 25.1 Å². The first-order valence-electron chi connectivity index (χ1n) is 6.06. The molecule has 1 aromatic carbocycles. The van der Waals surface area contributed by atoms with Crippen LogP contribution in [0.5, 0.6) is 0 Å². The lowest BCUT2D eigenvalue weighted by Crippen LogP contribution is -2.07. The number of imidazole rings is 1. The third kappa shape index (κ3) is 2.66. The molecule has 4 nitrogen and oxygen atoms in total. The zero-order chi connectivity index (χ0) is 13.1. The number of anilines is 1. The van der Waals surface area contributed by atoms with Gasteiger partial charge in [0.15, 0.2) is 0 Å². The van der Waals surface area contributed by atoms with Gasteiger partial charge in [-0.25, -0.2) is 9.97 Å². The van der Waals surface area contributed by atoms with Crippen LogP contribution in [0.3, 0.4) is 0 Å². The van der Waals surface area contributed by atoms with Gasteiger partial charge in [-0.15, -0.1) is 11.3 Å². The van der Waals surface area contributed by atoms with Crippen molar-refractivity contribution >= 4 is 17.0 Å². The molecule has 2 aromatic heterocycles. The number of aromatic nitrogens is 3. The molecule has 0 aliphatic carbocycles. The van der Waals surface area contributed by atoms with E-state index >= 15 is 0 Å². The number of nitrogens with zero attached hydrogens (tertiary/aromatic N) is 3. The zero-order valence-corrected chi connectivity index (χ0v) is 11.3. The van der Waals surface area contributed by atoms with Crippen LogP contribution in [0.4, 0.5) is 5.69 Å². The molecule has 2 heterocycles. The van der Waals surface area contributed by atoms with Crippen molar-refractivity contribution in [2.75, 3.05) is 5.32 Å². The first-order valence-corrected chi connectivity index (χ1v) is 7.00. The molecule has 1 atom stereocenters. The summed E-state index contributed by atoms with van der Waals surface area (Å²) in [6, 6.07) is 8.45. The first kappa shape index (κ1) is 11.9. The molecule has 96 valence electrons. The predicted molar refractivity (Wildman–Crippen MR) is 77.7 cm³/mol. The van der Waals surface area contributed by atoms with Crippen LogP contribution < -0.4 is 5.32 Å². The van der Waals surface area contributed by atoms with E-state index in [1.54, 1.807) is 23.9 Å². The van der Waals surface area contributed by atoms with Gasteiger partial charge in [0.1, 0.15) is 0 Å². The number of hydrogen-bond donors (Lipinski definition) is 1. The average molecular weight is 270 g/mol. The lowest BCUT2D eigenvalue weighted by atomic mass is 10.2. The minimum atomic E-state index is 0.198. The minimum Gasteiger partial charge on any atom is -0.377 e. The third-order valence-electron chi connectivity index (χ3n) is 2.93. The Bertz CT molecular complexity index is 631. The third-order valence-corrected chi connectivity index (χ3v) is 3.53. The molecule has 0 aliphatic rings. The summed E-state index contributed by atoms with van der Waals surface area (Å²) in [5.74, 6) is 0. The summed E-state index contributed by atoms with van der Waals surface area (Å²) in [7, 11) is 0. The number of rotatable bonds is 4. The Hall–Kier alpha value is -2.14. The molecule has 0 aliphatic heterocycles. The molecule has 0 bridgehead atoms. The van der Waals surface area contributed by atoms with Crippen LogP contribution in [0.2, 0.25) is 0 Å². The van der Waals surface area contributed by atoms with E-state index in [1.807, 2.05) is 22.3 Å². The molecule has 0 fully saturated rings. The fraction of sp³-hybridized carbons (Fsp3) is 0.143. The summed E-state index contributed by atoms with van der Waals surface area (Å²) in [6.07, 6.45) is 5.50. The summed E-state index contributed by atoms with van der Waals surface area (Å²) in [4.78, 5) is 8.39. The van der Waals surface area contributed by atoms with E-state index in [-0.39, 0.29) is 6.04 Å². The van der Waals surface area contributed by atoms with Crippen LogP contribution >= 0.6 is 11.3 Å². The lowest BCUT2D eigenvalue weighted by Gasteiger charge is -2.14. The van der Waals surface area contributed by atoms with Gasteiger partial charge in [0, 0.05) is 29.1 Å². The summed E-state index contributed by atoms with van der Waals surface area (Å²) < 4.78 is 1.98. The summed E-state index contributed by atoms with van der Waals surface area (Å²) in [5, 5.41) is 5.52. The quantitative estimate of drug-likeness (QED) is 0.789. The van der Waals surface area contributed by atoms with Crippen LogP contribution in [0.25, 0.3) is 5.69 Å². The molecule has 1 unspecified atom stereocenters. The summed E-state index contributed by atoms with van der Waals surface area (Å²) in [5.41, 5.74) is 5.09. The van der Waals surface area contributed by atoms with E-state index in [9.17, 15) is 0 Å². The van der Waals surface area contributed by atoms with E-state index in [0.29, 0.717) is 0 Å². The Morgan fingerprint density at radius 3 is 3.05 bits per heavy atom. The molecule has 0 saturated carbocycles. The van der Waals surface area contributed by atoms with Crippen molar-refractivity contribution in [3.8, 4) is 5.69 Å². The van der Waals surface area contributed by atoms with Crippen molar-refractivity contribution in [2.24, 2.45) is 0 Å². The van der Waals surface area contributed by atoms with Crippen LogP contribution in [0.1, 0.15) is 18.7 Å². The Balaban J connectivity index is 1.80. The zero-order valence-electron chi connectivity index (χ0n) is 10.5. The van der Waals surface area contributed by atoms with Crippen LogP contribution in [0.15, 0.2) is 53.9 Å². The van der Waals surface area contributed by atoms with Crippen molar-refractivity contribution in [1.29, 1.82) is 0 Å². The van der Waals surface area contributed by atoms with E-state index in [2.05, 4.69) is 45.8 Å². The predicted octanol–water partition coefficient (Wildman–Crippen LogP) is 3.50. The Labute approximate surface area is 115 Å². The molecule has 3 rings (SSSR count). The van der Waals surface area contributed by atoms with E-state index in [4.69, 9.17) is 0 Å². The monoisotopic (exact) mass is 270 g/mol. The minimum absolute atomic E-state index is 0.198. The molecule has 0 spiro atoms. The number of hydrogen-bond acceptors (Lipinski definition) is 4. The van der Waals surface area contributed by atoms with Gasteiger partial charge in [-0.2, -0.15) is 0 Å². The molecular formula is C14H14N4S. The van der Waals surface area contributed by atoms with Crippen LogP contribution in [-0.2, 0) is 0 Å². The smallest absolute Gasteiger partial charge is 0.0991 e. The fourth-order valence-electron chi connectivity index (χ4n) is 1.93. The van der Waals surface area contributed by atoms with E-state index < -0.39 is 0 Å². The Morgan fingerprint density at radius 1 is 1.37 bits per heavy atom. The largest absolute Gasteiger partial charge is 0.377 e. The normalized spacial score (nSPS) is 12.3. The van der Waals surface area contributed by atoms with Gasteiger partial charge in [0.2, 0.25) is 0 Å². The standard InChI is InChI=1S/C14H14N4S/c1-11(14-8-19-10-16-14)17-12-3-2-4-13(7-12)18-6-5-15-9-18/h2-11,17H,1H3. The van der Waals surface area contributed by atoms with Crippen molar-refractivity contribution in [3.05, 3.63) is 59.6 Å². The highest BCUT2D eigenvalue weighted by Gasteiger charge is 2.07. The van der Waals surface area contributed by atoms with E-state index in [1.165, 1.54) is 0 Å². The van der Waals surface area contributed by atoms with Gasteiger partial charge in [0.25, 0.3) is 0 Å².